The molecule has 1 saturated heterocycles. The molecule has 1 aliphatic heterocycles. The van der Waals surface area contributed by atoms with Crippen molar-refractivity contribution in [2.75, 3.05) is 17.2 Å². The first kappa shape index (κ1) is 15.6. The summed E-state index contributed by atoms with van der Waals surface area (Å²) in [6.07, 6.45) is 0.173. The number of rotatable bonds is 3. The predicted molar refractivity (Wildman–Crippen MR) is 89.1 cm³/mol. The first-order valence-corrected chi connectivity index (χ1v) is 9.61. The van der Waals surface area contributed by atoms with Gasteiger partial charge in [-0.1, -0.05) is 35.9 Å². The van der Waals surface area contributed by atoms with Crippen LogP contribution in [0.1, 0.15) is 6.42 Å². The smallest absolute Gasteiger partial charge is 0.232 e. The number of benzene rings is 2. The van der Waals surface area contributed by atoms with E-state index in [0.29, 0.717) is 17.3 Å². The van der Waals surface area contributed by atoms with Crippen LogP contribution in [0.3, 0.4) is 0 Å². The van der Waals surface area contributed by atoms with Gasteiger partial charge in [-0.25, -0.2) is 8.42 Å². The van der Waals surface area contributed by atoms with Gasteiger partial charge in [0.15, 0.2) is 0 Å². The molecule has 7 heteroatoms. The number of hydrogen-bond acceptors (Lipinski definition) is 3. The van der Waals surface area contributed by atoms with Crippen molar-refractivity contribution < 1.29 is 13.2 Å². The van der Waals surface area contributed by atoms with Crippen LogP contribution in [0.15, 0.2) is 36.4 Å². The van der Waals surface area contributed by atoms with Crippen LogP contribution in [0.4, 0.5) is 5.69 Å². The Morgan fingerprint density at radius 2 is 1.86 bits per heavy atom. The second-order valence-corrected chi connectivity index (χ2v) is 8.62. The molecule has 1 heterocycles. The Kier molecular flexibility index (Phi) is 4.05. The first-order valence-electron chi connectivity index (χ1n) is 6.75. The van der Waals surface area contributed by atoms with Gasteiger partial charge in [0.1, 0.15) is 0 Å². The predicted octanol–water partition coefficient (Wildman–Crippen LogP) is 3.41. The topological polar surface area (TPSA) is 54.5 Å². The molecule has 0 bridgehead atoms. The van der Waals surface area contributed by atoms with Crippen molar-refractivity contribution in [2.45, 2.75) is 6.42 Å². The molecular weight excluding hydrogens is 345 g/mol. The SMILES string of the molecule is O=C1CC(CS(=O)(=O)Cl)CN1c1cccc2cccc(Cl)c12. The van der Waals surface area contributed by atoms with E-state index in [1.165, 1.54) is 0 Å². The summed E-state index contributed by atoms with van der Waals surface area (Å²) in [6, 6.07) is 11.1. The van der Waals surface area contributed by atoms with Gasteiger partial charge in [0.25, 0.3) is 0 Å². The molecular formula is C15H13Cl2NO3S. The van der Waals surface area contributed by atoms with Crippen LogP contribution in [0, 0.1) is 5.92 Å². The van der Waals surface area contributed by atoms with Crippen LogP contribution in [0.2, 0.25) is 5.02 Å². The first-order chi connectivity index (χ1) is 10.3. The Balaban J connectivity index is 2.00. The number of nitrogens with zero attached hydrogens (tertiary/aromatic N) is 1. The summed E-state index contributed by atoms with van der Waals surface area (Å²) in [5.41, 5.74) is 0.711. The Bertz CT molecular complexity index is 846. The highest BCUT2D eigenvalue weighted by molar-refractivity contribution is 8.13. The standard InChI is InChI=1S/C15H13Cl2NO3S/c16-12-5-1-3-11-4-2-6-13(15(11)12)18-8-10(7-14(18)19)9-22(17,20)21/h1-6,10H,7-9H2. The van der Waals surface area contributed by atoms with Gasteiger partial charge in [-0.05, 0) is 17.5 Å². The van der Waals surface area contributed by atoms with Gasteiger partial charge in [-0.2, -0.15) is 0 Å². The molecule has 1 fully saturated rings. The maximum atomic E-state index is 12.3. The van der Waals surface area contributed by atoms with Crippen molar-refractivity contribution in [3.63, 3.8) is 0 Å². The van der Waals surface area contributed by atoms with Gasteiger partial charge in [-0.3, -0.25) is 4.79 Å². The molecule has 1 amide bonds. The number of carbonyl (C=O) groups is 1. The molecule has 116 valence electrons. The van der Waals surface area contributed by atoms with Crippen molar-refractivity contribution in [1.29, 1.82) is 0 Å². The third kappa shape index (κ3) is 3.07. The third-order valence-electron chi connectivity index (χ3n) is 3.76. The second-order valence-electron chi connectivity index (χ2n) is 5.40. The van der Waals surface area contributed by atoms with E-state index in [4.69, 9.17) is 22.3 Å². The maximum Gasteiger partial charge on any atom is 0.232 e. The van der Waals surface area contributed by atoms with E-state index < -0.39 is 9.05 Å². The zero-order valence-electron chi connectivity index (χ0n) is 11.5. The van der Waals surface area contributed by atoms with Crippen LogP contribution in [0.25, 0.3) is 10.8 Å². The lowest BCUT2D eigenvalue weighted by atomic mass is 10.1. The lowest BCUT2D eigenvalue weighted by Crippen LogP contribution is -2.25. The molecule has 4 nitrogen and oxygen atoms in total. The van der Waals surface area contributed by atoms with Crippen LogP contribution in [-0.2, 0) is 13.8 Å². The fourth-order valence-corrected chi connectivity index (χ4v) is 4.51. The van der Waals surface area contributed by atoms with Crippen LogP contribution < -0.4 is 4.90 Å². The van der Waals surface area contributed by atoms with Crippen molar-refractivity contribution in [3.8, 4) is 0 Å². The summed E-state index contributed by atoms with van der Waals surface area (Å²) >= 11 is 6.28. The summed E-state index contributed by atoms with van der Waals surface area (Å²) in [4.78, 5) is 13.9. The molecule has 2 aromatic carbocycles. The lowest BCUT2D eigenvalue weighted by molar-refractivity contribution is -0.117. The Labute approximate surface area is 138 Å². The molecule has 0 N–H and O–H groups in total. The summed E-state index contributed by atoms with van der Waals surface area (Å²) in [5.74, 6) is -0.611. The summed E-state index contributed by atoms with van der Waals surface area (Å²) in [5, 5.41) is 2.30. The van der Waals surface area contributed by atoms with Crippen molar-refractivity contribution in [1.82, 2.24) is 0 Å². The van der Waals surface area contributed by atoms with Gasteiger partial charge < -0.3 is 4.90 Å². The number of fused-ring (bicyclic) bond motifs is 1. The van der Waals surface area contributed by atoms with Crippen LogP contribution in [-0.4, -0.2) is 26.6 Å². The Morgan fingerprint density at radius 1 is 1.18 bits per heavy atom. The molecule has 0 aromatic heterocycles. The molecule has 1 aliphatic rings. The highest BCUT2D eigenvalue weighted by atomic mass is 35.7. The average molecular weight is 358 g/mol. The van der Waals surface area contributed by atoms with E-state index in [1.807, 2.05) is 30.3 Å². The van der Waals surface area contributed by atoms with E-state index >= 15 is 0 Å². The maximum absolute atomic E-state index is 12.3. The number of anilines is 1. The molecule has 3 rings (SSSR count). The summed E-state index contributed by atoms with van der Waals surface area (Å²) < 4.78 is 22.4. The minimum atomic E-state index is -3.62. The normalized spacial score (nSPS) is 19.1. The minimum Gasteiger partial charge on any atom is -0.311 e. The lowest BCUT2D eigenvalue weighted by Gasteiger charge is -2.19. The van der Waals surface area contributed by atoms with Gasteiger partial charge in [0, 0.05) is 35.0 Å². The van der Waals surface area contributed by atoms with E-state index in [2.05, 4.69) is 0 Å². The van der Waals surface area contributed by atoms with Gasteiger partial charge in [-0.15, -0.1) is 0 Å². The molecule has 22 heavy (non-hydrogen) atoms. The molecule has 1 atom stereocenters. The van der Waals surface area contributed by atoms with Gasteiger partial charge in [0.05, 0.1) is 16.5 Å². The fraction of sp³-hybridized carbons (Fsp3) is 0.267. The van der Waals surface area contributed by atoms with Gasteiger partial charge >= 0.3 is 0 Å². The Morgan fingerprint density at radius 3 is 2.55 bits per heavy atom. The molecule has 2 aromatic rings. The number of hydrogen-bond donors (Lipinski definition) is 0. The van der Waals surface area contributed by atoms with Crippen molar-refractivity contribution in [3.05, 3.63) is 41.4 Å². The average Bonchev–Trinajstić information content (AvgIpc) is 2.77. The van der Waals surface area contributed by atoms with E-state index in [9.17, 15) is 13.2 Å². The van der Waals surface area contributed by atoms with Crippen molar-refractivity contribution >= 4 is 53.7 Å². The van der Waals surface area contributed by atoms with E-state index in [-0.39, 0.29) is 24.0 Å². The highest BCUT2D eigenvalue weighted by Gasteiger charge is 2.34. The second kappa shape index (κ2) is 5.72. The van der Waals surface area contributed by atoms with Crippen LogP contribution in [0.5, 0.6) is 0 Å². The van der Waals surface area contributed by atoms with Crippen LogP contribution >= 0.6 is 22.3 Å². The number of halogens is 2. The van der Waals surface area contributed by atoms with E-state index in [1.54, 1.807) is 11.0 Å². The van der Waals surface area contributed by atoms with Crippen molar-refractivity contribution in [2.24, 2.45) is 5.92 Å². The molecule has 0 spiro atoms. The minimum absolute atomic E-state index is 0.113. The monoisotopic (exact) mass is 357 g/mol. The zero-order valence-corrected chi connectivity index (χ0v) is 13.8. The van der Waals surface area contributed by atoms with E-state index in [0.717, 1.165) is 10.8 Å². The van der Waals surface area contributed by atoms with Gasteiger partial charge in [0.2, 0.25) is 15.0 Å². The molecule has 0 saturated carbocycles. The fourth-order valence-electron chi connectivity index (χ4n) is 2.91. The number of carbonyl (C=O) groups excluding carboxylic acids is 1. The zero-order chi connectivity index (χ0) is 15.9. The summed E-state index contributed by atoms with van der Waals surface area (Å²) in [6.45, 7) is 0.328. The molecule has 1 unspecified atom stereocenters. The third-order valence-corrected chi connectivity index (χ3v) is 5.33. The summed E-state index contributed by atoms with van der Waals surface area (Å²) in [7, 11) is 1.68. The Hall–Kier alpha value is -1.30. The highest BCUT2D eigenvalue weighted by Crippen LogP contribution is 2.36. The number of amides is 1. The molecule has 0 radical (unpaired) electrons. The largest absolute Gasteiger partial charge is 0.311 e. The quantitative estimate of drug-likeness (QED) is 0.790. The molecule has 0 aliphatic carbocycles.